The summed E-state index contributed by atoms with van der Waals surface area (Å²) in [5.74, 6) is -1.56. The van der Waals surface area contributed by atoms with Gasteiger partial charge >= 0.3 is 11.9 Å². The van der Waals surface area contributed by atoms with Gasteiger partial charge in [-0.3, -0.25) is 0 Å². The number of nitrogens with one attached hydrogen (secondary N) is 1. The van der Waals surface area contributed by atoms with Crippen LogP contribution >= 0.6 is 11.6 Å². The average Bonchev–Trinajstić information content (AvgIpc) is 2.52. The Morgan fingerprint density at radius 1 is 0.963 bits per heavy atom. The normalized spacial score (nSPS) is 15.3. The highest BCUT2D eigenvalue weighted by Gasteiger charge is 2.38. The number of benzene rings is 1. The first-order valence-electron chi connectivity index (χ1n) is 8.97. The molecule has 27 heavy (non-hydrogen) atoms. The van der Waals surface area contributed by atoms with Gasteiger partial charge in [0.2, 0.25) is 0 Å². The van der Waals surface area contributed by atoms with E-state index in [1.54, 1.807) is 59.7 Å². The molecule has 0 radical (unpaired) electrons. The van der Waals surface area contributed by atoms with Gasteiger partial charge in [-0.25, -0.2) is 9.59 Å². The molecule has 146 valence electrons. The molecule has 0 atom stereocenters. The van der Waals surface area contributed by atoms with Crippen LogP contribution in [0.5, 0.6) is 0 Å². The number of esters is 2. The second kappa shape index (κ2) is 8.61. The van der Waals surface area contributed by atoms with E-state index in [2.05, 4.69) is 5.32 Å². The number of allylic oxidation sites excluding steroid dienone is 2. The van der Waals surface area contributed by atoms with Gasteiger partial charge < -0.3 is 14.8 Å². The predicted octanol–water partition coefficient (Wildman–Crippen LogP) is 4.48. The third kappa shape index (κ3) is 4.92. The fourth-order valence-corrected chi connectivity index (χ4v) is 3.31. The molecule has 0 bridgehead atoms. The highest BCUT2D eigenvalue weighted by Crippen LogP contribution is 2.40. The highest BCUT2D eigenvalue weighted by molar-refractivity contribution is 6.30. The summed E-state index contributed by atoms with van der Waals surface area (Å²) < 4.78 is 10.9. The summed E-state index contributed by atoms with van der Waals surface area (Å²) in [7, 11) is 0. The summed E-state index contributed by atoms with van der Waals surface area (Å²) >= 11 is 6.18. The lowest BCUT2D eigenvalue weighted by Gasteiger charge is -2.31. The number of halogens is 1. The van der Waals surface area contributed by atoms with Crippen LogP contribution in [-0.4, -0.2) is 24.1 Å². The Morgan fingerprint density at radius 2 is 1.44 bits per heavy atom. The van der Waals surface area contributed by atoms with E-state index >= 15 is 0 Å². The first-order valence-corrected chi connectivity index (χ1v) is 9.35. The van der Waals surface area contributed by atoms with Crippen molar-refractivity contribution in [1.82, 2.24) is 5.32 Å². The molecule has 0 saturated heterocycles. The van der Waals surface area contributed by atoms with Crippen LogP contribution in [0.25, 0.3) is 0 Å². The Balaban J connectivity index is 2.63. The molecule has 0 saturated carbocycles. The van der Waals surface area contributed by atoms with Gasteiger partial charge in [-0.2, -0.15) is 0 Å². The van der Waals surface area contributed by atoms with Gasteiger partial charge in [-0.1, -0.05) is 23.7 Å². The Morgan fingerprint density at radius 3 is 1.85 bits per heavy atom. The first kappa shape index (κ1) is 21.0. The molecule has 1 aromatic rings. The molecule has 1 aromatic carbocycles. The molecule has 0 amide bonds. The van der Waals surface area contributed by atoms with Crippen LogP contribution in [-0.2, 0) is 19.1 Å². The topological polar surface area (TPSA) is 64.6 Å². The molecular formula is C21H26ClNO4. The summed E-state index contributed by atoms with van der Waals surface area (Å²) in [5, 5.41) is 3.65. The van der Waals surface area contributed by atoms with Gasteiger partial charge in [0, 0.05) is 16.4 Å². The van der Waals surface area contributed by atoms with Crippen molar-refractivity contribution in [1.29, 1.82) is 0 Å². The molecular weight excluding hydrogens is 366 g/mol. The summed E-state index contributed by atoms with van der Waals surface area (Å²) in [6.45, 7) is 10.7. The van der Waals surface area contributed by atoms with E-state index in [0.717, 1.165) is 5.56 Å². The number of dihydropyridines is 1. The van der Waals surface area contributed by atoms with Gasteiger partial charge in [0.05, 0.1) is 29.3 Å². The standard InChI is InChI=1S/C21H26ClNO4/c1-11(2)26-20(24)17-13(5)23-14(6)18(21(25)27-12(3)4)19(17)15-8-7-9-16(22)10-15/h7-12,19,23H,1-6H3. The van der Waals surface area contributed by atoms with Gasteiger partial charge in [0.25, 0.3) is 0 Å². The van der Waals surface area contributed by atoms with Crippen LogP contribution in [0, 0.1) is 0 Å². The van der Waals surface area contributed by atoms with E-state index in [-0.39, 0.29) is 12.2 Å². The summed E-state index contributed by atoms with van der Waals surface area (Å²) in [6.07, 6.45) is -0.563. The molecule has 6 heteroatoms. The Labute approximate surface area is 165 Å². The van der Waals surface area contributed by atoms with Crippen molar-refractivity contribution in [2.75, 3.05) is 0 Å². The molecule has 1 N–H and O–H groups in total. The Kier molecular flexibility index (Phi) is 6.71. The molecule has 5 nitrogen and oxygen atoms in total. The minimum Gasteiger partial charge on any atom is -0.460 e. The maximum atomic E-state index is 12.9. The largest absolute Gasteiger partial charge is 0.460 e. The van der Waals surface area contributed by atoms with Gasteiger partial charge in [0.15, 0.2) is 0 Å². The molecule has 1 aliphatic heterocycles. The Hall–Kier alpha value is -2.27. The number of carbonyl (C=O) groups excluding carboxylic acids is 2. The van der Waals surface area contributed by atoms with Gasteiger partial charge in [-0.15, -0.1) is 0 Å². The summed E-state index contributed by atoms with van der Waals surface area (Å²) in [6, 6.07) is 7.13. The molecule has 1 heterocycles. The second-order valence-corrected chi connectivity index (χ2v) is 7.53. The van der Waals surface area contributed by atoms with Crippen LogP contribution < -0.4 is 5.32 Å². The van der Waals surface area contributed by atoms with Crippen molar-refractivity contribution < 1.29 is 19.1 Å². The zero-order chi connectivity index (χ0) is 20.3. The first-order chi connectivity index (χ1) is 12.6. The van der Waals surface area contributed by atoms with Crippen molar-refractivity contribution in [2.45, 2.75) is 59.7 Å². The minimum atomic E-state index is -0.623. The molecule has 0 unspecified atom stereocenters. The van der Waals surface area contributed by atoms with Crippen molar-refractivity contribution in [3.8, 4) is 0 Å². The molecule has 1 aliphatic rings. The number of hydrogen-bond donors (Lipinski definition) is 1. The van der Waals surface area contributed by atoms with Crippen LogP contribution in [0.4, 0.5) is 0 Å². The number of carbonyl (C=O) groups is 2. The monoisotopic (exact) mass is 391 g/mol. The fourth-order valence-electron chi connectivity index (χ4n) is 3.11. The van der Waals surface area contributed by atoms with E-state index in [1.165, 1.54) is 0 Å². The predicted molar refractivity (Wildman–Crippen MR) is 105 cm³/mol. The van der Waals surface area contributed by atoms with E-state index in [0.29, 0.717) is 27.6 Å². The van der Waals surface area contributed by atoms with Crippen LogP contribution in [0.3, 0.4) is 0 Å². The van der Waals surface area contributed by atoms with Crippen LogP contribution in [0.2, 0.25) is 5.02 Å². The minimum absolute atomic E-state index is 0.282. The lowest BCUT2D eigenvalue weighted by molar-refractivity contribution is -0.143. The SMILES string of the molecule is CC1=C(C(=O)OC(C)C)C(c2cccc(Cl)c2)C(C(=O)OC(C)C)=C(C)N1. The van der Waals surface area contributed by atoms with Gasteiger partial charge in [-0.05, 0) is 59.2 Å². The zero-order valence-electron chi connectivity index (χ0n) is 16.6. The zero-order valence-corrected chi connectivity index (χ0v) is 17.3. The number of rotatable bonds is 5. The second-order valence-electron chi connectivity index (χ2n) is 7.10. The average molecular weight is 392 g/mol. The Bertz CT molecular complexity index is 764. The molecule has 0 fully saturated rings. The highest BCUT2D eigenvalue weighted by atomic mass is 35.5. The third-order valence-corrected chi connectivity index (χ3v) is 4.30. The van der Waals surface area contributed by atoms with Crippen molar-refractivity contribution in [2.24, 2.45) is 0 Å². The molecule has 0 aliphatic carbocycles. The number of hydrogen-bond acceptors (Lipinski definition) is 5. The van der Waals surface area contributed by atoms with E-state index in [4.69, 9.17) is 21.1 Å². The third-order valence-electron chi connectivity index (χ3n) is 4.07. The lowest BCUT2D eigenvalue weighted by Crippen LogP contribution is -2.33. The van der Waals surface area contributed by atoms with Crippen LogP contribution in [0.15, 0.2) is 46.8 Å². The van der Waals surface area contributed by atoms with Crippen molar-refractivity contribution >= 4 is 23.5 Å². The van der Waals surface area contributed by atoms with Crippen LogP contribution in [0.1, 0.15) is 53.0 Å². The van der Waals surface area contributed by atoms with Crippen molar-refractivity contribution in [3.63, 3.8) is 0 Å². The maximum absolute atomic E-state index is 12.9. The molecule has 0 spiro atoms. The smallest absolute Gasteiger partial charge is 0.337 e. The summed E-state index contributed by atoms with van der Waals surface area (Å²) in [5.41, 5.74) is 2.78. The lowest BCUT2D eigenvalue weighted by atomic mass is 9.80. The van der Waals surface area contributed by atoms with Crippen molar-refractivity contribution in [3.05, 3.63) is 57.4 Å². The maximum Gasteiger partial charge on any atom is 0.337 e. The van der Waals surface area contributed by atoms with E-state index in [9.17, 15) is 9.59 Å². The fraction of sp³-hybridized carbons (Fsp3) is 0.429. The van der Waals surface area contributed by atoms with E-state index in [1.807, 2.05) is 6.07 Å². The summed E-state index contributed by atoms with van der Waals surface area (Å²) in [4.78, 5) is 25.7. The molecule has 0 aromatic heterocycles. The van der Waals surface area contributed by atoms with E-state index < -0.39 is 17.9 Å². The van der Waals surface area contributed by atoms with Gasteiger partial charge in [0.1, 0.15) is 0 Å². The number of ether oxygens (including phenoxy) is 2. The molecule has 2 rings (SSSR count). The quantitative estimate of drug-likeness (QED) is 0.750.